The van der Waals surface area contributed by atoms with Crippen molar-refractivity contribution in [2.24, 2.45) is 5.92 Å². The van der Waals surface area contributed by atoms with Gasteiger partial charge in [-0.25, -0.2) is 0 Å². The van der Waals surface area contributed by atoms with Gasteiger partial charge in [-0.15, -0.1) is 0 Å². The van der Waals surface area contributed by atoms with Gasteiger partial charge in [-0.1, -0.05) is 37.6 Å². The van der Waals surface area contributed by atoms with Gasteiger partial charge >= 0.3 is 0 Å². The first-order chi connectivity index (χ1) is 12.6. The van der Waals surface area contributed by atoms with E-state index in [1.165, 1.54) is 6.26 Å². The number of furan rings is 1. The fourth-order valence-corrected chi connectivity index (χ4v) is 3.63. The first kappa shape index (κ1) is 18.2. The molecule has 1 saturated heterocycles. The lowest BCUT2D eigenvalue weighted by atomic mass is 9.86. The van der Waals surface area contributed by atoms with Gasteiger partial charge in [-0.3, -0.25) is 9.59 Å². The van der Waals surface area contributed by atoms with Gasteiger partial charge in [-0.2, -0.15) is 0 Å². The average molecular weight is 354 g/mol. The van der Waals surface area contributed by atoms with Crippen LogP contribution >= 0.6 is 0 Å². The van der Waals surface area contributed by atoms with Crippen molar-refractivity contribution in [2.45, 2.75) is 32.6 Å². The van der Waals surface area contributed by atoms with Gasteiger partial charge in [0.15, 0.2) is 5.76 Å². The zero-order valence-electron chi connectivity index (χ0n) is 15.4. The molecule has 2 amide bonds. The van der Waals surface area contributed by atoms with E-state index in [2.05, 4.69) is 31.3 Å². The van der Waals surface area contributed by atoms with E-state index in [1.807, 2.05) is 12.1 Å². The Morgan fingerprint density at radius 3 is 2.69 bits per heavy atom. The first-order valence-corrected chi connectivity index (χ1v) is 9.27. The molecular weight excluding hydrogens is 328 g/mol. The Hall–Kier alpha value is -2.56. The molecule has 2 heterocycles. The second-order valence-corrected chi connectivity index (χ2v) is 6.90. The molecule has 2 unspecified atom stereocenters. The molecule has 1 N–H and O–H groups in total. The van der Waals surface area contributed by atoms with E-state index in [1.54, 1.807) is 17.0 Å². The minimum Gasteiger partial charge on any atom is -0.459 e. The molecule has 1 aliphatic rings. The number of rotatable bonds is 6. The lowest BCUT2D eigenvalue weighted by molar-refractivity contribution is -0.124. The van der Waals surface area contributed by atoms with Crippen molar-refractivity contribution in [3.05, 3.63) is 59.5 Å². The van der Waals surface area contributed by atoms with E-state index in [0.717, 1.165) is 24.0 Å². The molecule has 1 fully saturated rings. The van der Waals surface area contributed by atoms with Crippen LogP contribution in [0.3, 0.4) is 0 Å². The summed E-state index contributed by atoms with van der Waals surface area (Å²) >= 11 is 0. The third kappa shape index (κ3) is 3.82. The highest BCUT2D eigenvalue weighted by Gasteiger charge is 2.41. The molecule has 0 radical (unpaired) electrons. The minimum absolute atomic E-state index is 0.00302. The molecule has 0 aliphatic carbocycles. The molecule has 26 heavy (non-hydrogen) atoms. The number of unbranched alkanes of at least 4 members (excludes halogenated alkanes) is 1. The van der Waals surface area contributed by atoms with Crippen LogP contribution in [0, 0.1) is 12.8 Å². The molecule has 0 bridgehead atoms. The number of likely N-dealkylation sites (tertiary alicyclic amines) is 1. The minimum atomic E-state index is -0.244. The topological polar surface area (TPSA) is 62.6 Å². The summed E-state index contributed by atoms with van der Waals surface area (Å²) in [5, 5.41) is 3.04. The average Bonchev–Trinajstić information content (AvgIpc) is 3.32. The smallest absolute Gasteiger partial charge is 0.289 e. The summed E-state index contributed by atoms with van der Waals surface area (Å²) in [6, 6.07) is 11.5. The molecule has 2 aromatic rings. The molecule has 0 saturated carbocycles. The summed E-state index contributed by atoms with van der Waals surface area (Å²) in [4.78, 5) is 27.2. The van der Waals surface area contributed by atoms with Gasteiger partial charge in [0, 0.05) is 25.6 Å². The lowest BCUT2D eigenvalue weighted by Crippen LogP contribution is -2.36. The van der Waals surface area contributed by atoms with Crippen molar-refractivity contribution in [2.75, 3.05) is 19.6 Å². The van der Waals surface area contributed by atoms with Crippen molar-refractivity contribution in [1.29, 1.82) is 0 Å². The Bertz CT molecular complexity index is 754. The monoisotopic (exact) mass is 354 g/mol. The highest BCUT2D eigenvalue weighted by Crippen LogP contribution is 2.35. The zero-order chi connectivity index (χ0) is 18.5. The van der Waals surface area contributed by atoms with Crippen LogP contribution < -0.4 is 5.32 Å². The Morgan fingerprint density at radius 1 is 1.19 bits per heavy atom. The van der Waals surface area contributed by atoms with Crippen LogP contribution in [0.5, 0.6) is 0 Å². The van der Waals surface area contributed by atoms with Crippen LogP contribution in [-0.2, 0) is 4.79 Å². The van der Waals surface area contributed by atoms with E-state index in [9.17, 15) is 9.59 Å². The second kappa shape index (κ2) is 8.21. The summed E-state index contributed by atoms with van der Waals surface area (Å²) in [6.45, 7) is 5.77. The SMILES string of the molecule is CCCCNC(=O)C1CN(C(=O)c2ccco2)CC1c1ccccc1C. The standard InChI is InChI=1S/C21H26N2O3/c1-3-4-11-22-20(24)18-14-23(21(25)19-10-7-12-26-19)13-17(18)16-9-6-5-8-15(16)2/h5-10,12,17-18H,3-4,11,13-14H2,1-2H3,(H,22,24). The number of amides is 2. The van der Waals surface area contributed by atoms with Crippen molar-refractivity contribution < 1.29 is 14.0 Å². The summed E-state index contributed by atoms with van der Waals surface area (Å²) in [5.74, 6) is -0.0527. The molecule has 1 aliphatic heterocycles. The van der Waals surface area contributed by atoms with Crippen molar-refractivity contribution in [1.82, 2.24) is 10.2 Å². The molecule has 5 nitrogen and oxygen atoms in total. The molecule has 1 aromatic carbocycles. The number of nitrogens with zero attached hydrogens (tertiary/aromatic N) is 1. The van der Waals surface area contributed by atoms with Gasteiger partial charge in [0.2, 0.25) is 5.91 Å². The predicted molar refractivity (Wildman–Crippen MR) is 99.9 cm³/mol. The molecule has 5 heteroatoms. The Kier molecular flexibility index (Phi) is 5.76. The molecule has 0 spiro atoms. The maximum Gasteiger partial charge on any atom is 0.289 e. The van der Waals surface area contributed by atoms with Gasteiger partial charge in [0.25, 0.3) is 5.91 Å². The molecule has 2 atom stereocenters. The summed E-state index contributed by atoms with van der Waals surface area (Å²) in [5.41, 5.74) is 2.29. The molecule has 3 rings (SSSR count). The number of carbonyl (C=O) groups excluding carboxylic acids is 2. The number of hydrogen-bond donors (Lipinski definition) is 1. The Labute approximate surface area is 154 Å². The molecule has 138 valence electrons. The van der Waals surface area contributed by atoms with Gasteiger partial charge < -0.3 is 14.6 Å². The van der Waals surface area contributed by atoms with Crippen LogP contribution in [0.2, 0.25) is 0 Å². The van der Waals surface area contributed by atoms with Crippen LogP contribution in [0.15, 0.2) is 47.1 Å². The van der Waals surface area contributed by atoms with Crippen LogP contribution in [-0.4, -0.2) is 36.3 Å². The quantitative estimate of drug-likeness (QED) is 0.809. The highest BCUT2D eigenvalue weighted by atomic mass is 16.3. The number of nitrogens with one attached hydrogen (secondary N) is 1. The summed E-state index contributed by atoms with van der Waals surface area (Å²) < 4.78 is 5.26. The van der Waals surface area contributed by atoms with Crippen molar-refractivity contribution >= 4 is 11.8 Å². The number of benzene rings is 1. The maximum absolute atomic E-state index is 12.8. The van der Waals surface area contributed by atoms with Crippen molar-refractivity contribution in [3.8, 4) is 0 Å². The van der Waals surface area contributed by atoms with Crippen LogP contribution in [0.1, 0.15) is 47.4 Å². The third-order valence-electron chi connectivity index (χ3n) is 5.09. The number of hydrogen-bond acceptors (Lipinski definition) is 3. The van der Waals surface area contributed by atoms with E-state index in [-0.39, 0.29) is 23.7 Å². The maximum atomic E-state index is 12.8. The van der Waals surface area contributed by atoms with Gasteiger partial charge in [0.1, 0.15) is 0 Å². The number of aryl methyl sites for hydroxylation is 1. The van der Waals surface area contributed by atoms with Gasteiger partial charge in [0.05, 0.1) is 12.2 Å². The van der Waals surface area contributed by atoms with E-state index in [0.29, 0.717) is 25.4 Å². The fourth-order valence-electron chi connectivity index (χ4n) is 3.63. The van der Waals surface area contributed by atoms with Crippen LogP contribution in [0.25, 0.3) is 0 Å². The zero-order valence-corrected chi connectivity index (χ0v) is 15.4. The lowest BCUT2D eigenvalue weighted by Gasteiger charge is -2.19. The second-order valence-electron chi connectivity index (χ2n) is 6.90. The van der Waals surface area contributed by atoms with Gasteiger partial charge in [-0.05, 0) is 36.6 Å². The van der Waals surface area contributed by atoms with Crippen molar-refractivity contribution in [3.63, 3.8) is 0 Å². The highest BCUT2D eigenvalue weighted by molar-refractivity contribution is 5.92. The normalized spacial score (nSPS) is 19.5. The van der Waals surface area contributed by atoms with E-state index in [4.69, 9.17) is 4.42 Å². The van der Waals surface area contributed by atoms with E-state index < -0.39 is 0 Å². The Morgan fingerprint density at radius 2 is 2.00 bits per heavy atom. The Balaban J connectivity index is 1.82. The fraction of sp³-hybridized carbons (Fsp3) is 0.429. The van der Waals surface area contributed by atoms with E-state index >= 15 is 0 Å². The summed E-state index contributed by atoms with van der Waals surface area (Å²) in [7, 11) is 0. The summed E-state index contributed by atoms with van der Waals surface area (Å²) in [6.07, 6.45) is 3.49. The van der Waals surface area contributed by atoms with Crippen LogP contribution in [0.4, 0.5) is 0 Å². The predicted octanol–water partition coefficient (Wildman–Crippen LogP) is 3.36. The number of carbonyl (C=O) groups is 2. The molecule has 1 aromatic heterocycles. The first-order valence-electron chi connectivity index (χ1n) is 9.27. The molecular formula is C21H26N2O3. The third-order valence-corrected chi connectivity index (χ3v) is 5.09. The largest absolute Gasteiger partial charge is 0.459 e.